The number of hydrogen-bond donors (Lipinski definition) is 1. The maximum Gasteiger partial charge on any atom is 0.338 e. The molecule has 0 amide bonds. The molecule has 2 aromatic rings. The second-order valence-electron chi connectivity index (χ2n) is 5.91. The van der Waals surface area contributed by atoms with Crippen LogP contribution in [-0.2, 0) is 11.3 Å². The van der Waals surface area contributed by atoms with E-state index in [4.69, 9.17) is 4.74 Å². The highest BCUT2D eigenvalue weighted by Gasteiger charge is 2.17. The number of rotatable bonds is 3. The highest BCUT2D eigenvalue weighted by molar-refractivity contribution is 5.89. The van der Waals surface area contributed by atoms with E-state index in [9.17, 15) is 14.4 Å². The van der Waals surface area contributed by atoms with Crippen LogP contribution in [0.5, 0.6) is 0 Å². The first kappa shape index (κ1) is 15.8. The highest BCUT2D eigenvalue weighted by atomic mass is 16.6. The quantitative estimate of drug-likeness (QED) is 0.872. The van der Waals surface area contributed by atoms with Gasteiger partial charge in [0.15, 0.2) is 0 Å². The number of ether oxygens (including phenoxy) is 1. The summed E-state index contributed by atoms with van der Waals surface area (Å²) in [5.41, 5.74) is -0.233. The van der Waals surface area contributed by atoms with Crippen LogP contribution in [0, 0.1) is 0 Å². The lowest BCUT2D eigenvalue weighted by Gasteiger charge is -2.19. The molecule has 22 heavy (non-hydrogen) atoms. The second kappa shape index (κ2) is 6.01. The second-order valence-corrected chi connectivity index (χ2v) is 5.91. The first-order valence-electron chi connectivity index (χ1n) is 6.87. The fourth-order valence-electron chi connectivity index (χ4n) is 1.87. The van der Waals surface area contributed by atoms with Gasteiger partial charge in [0, 0.05) is 12.3 Å². The Balaban J connectivity index is 2.18. The molecule has 0 fully saturated rings. The standard InChI is InChI=1S/C16H18N2O4/c1-16(2,3)22-14(20)12-6-4-11(5-7-12)10-18-13(19)8-9-17-15(18)21/h4-9H,10H2,1-3H3,(H,17,21). The molecule has 0 aliphatic rings. The van der Waals surface area contributed by atoms with E-state index >= 15 is 0 Å². The molecule has 2 rings (SSSR count). The molecule has 0 unspecified atom stereocenters. The average Bonchev–Trinajstić information content (AvgIpc) is 2.42. The van der Waals surface area contributed by atoms with Crippen LogP contribution in [-0.4, -0.2) is 21.1 Å². The van der Waals surface area contributed by atoms with E-state index in [-0.39, 0.29) is 12.1 Å². The van der Waals surface area contributed by atoms with Crippen molar-refractivity contribution >= 4 is 5.97 Å². The van der Waals surface area contributed by atoms with Crippen molar-refractivity contribution < 1.29 is 9.53 Å². The molecule has 0 bridgehead atoms. The highest BCUT2D eigenvalue weighted by Crippen LogP contribution is 2.13. The summed E-state index contributed by atoms with van der Waals surface area (Å²) >= 11 is 0. The van der Waals surface area contributed by atoms with Crippen LogP contribution in [0.1, 0.15) is 36.7 Å². The smallest absolute Gasteiger partial charge is 0.338 e. The SMILES string of the molecule is CC(C)(C)OC(=O)c1ccc(Cn2c(=O)cc[nH]c2=O)cc1. The van der Waals surface area contributed by atoms with E-state index in [1.807, 2.05) is 0 Å². The Hall–Kier alpha value is -2.63. The molecule has 6 nitrogen and oxygen atoms in total. The van der Waals surface area contributed by atoms with Crippen molar-refractivity contribution in [3.63, 3.8) is 0 Å². The number of benzene rings is 1. The van der Waals surface area contributed by atoms with Crippen LogP contribution in [0.4, 0.5) is 0 Å². The number of aromatic nitrogens is 2. The lowest BCUT2D eigenvalue weighted by atomic mass is 10.1. The summed E-state index contributed by atoms with van der Waals surface area (Å²) in [5, 5.41) is 0. The molecule has 1 heterocycles. The summed E-state index contributed by atoms with van der Waals surface area (Å²) in [5.74, 6) is -0.409. The summed E-state index contributed by atoms with van der Waals surface area (Å²) in [4.78, 5) is 37.6. The predicted molar refractivity (Wildman–Crippen MR) is 82.0 cm³/mol. The van der Waals surface area contributed by atoms with Gasteiger partial charge in [-0.1, -0.05) is 12.1 Å². The molecule has 0 atom stereocenters. The fourth-order valence-corrected chi connectivity index (χ4v) is 1.87. The van der Waals surface area contributed by atoms with Gasteiger partial charge in [0.2, 0.25) is 0 Å². The third-order valence-electron chi connectivity index (χ3n) is 2.87. The van der Waals surface area contributed by atoms with Crippen molar-refractivity contribution in [1.29, 1.82) is 0 Å². The number of carbonyl (C=O) groups excluding carboxylic acids is 1. The monoisotopic (exact) mass is 302 g/mol. The van der Waals surface area contributed by atoms with Gasteiger partial charge >= 0.3 is 11.7 Å². The van der Waals surface area contributed by atoms with Gasteiger partial charge in [-0.2, -0.15) is 0 Å². The number of hydrogen-bond acceptors (Lipinski definition) is 4. The van der Waals surface area contributed by atoms with Gasteiger partial charge in [0.1, 0.15) is 5.60 Å². The minimum absolute atomic E-state index is 0.142. The summed E-state index contributed by atoms with van der Waals surface area (Å²) < 4.78 is 6.36. The minimum Gasteiger partial charge on any atom is -0.456 e. The van der Waals surface area contributed by atoms with Gasteiger partial charge in [0.25, 0.3) is 5.56 Å². The van der Waals surface area contributed by atoms with E-state index in [0.717, 1.165) is 10.1 Å². The largest absolute Gasteiger partial charge is 0.456 e. The van der Waals surface area contributed by atoms with Crippen molar-refractivity contribution in [2.45, 2.75) is 32.9 Å². The Kier molecular flexibility index (Phi) is 4.30. The van der Waals surface area contributed by atoms with Crippen LogP contribution >= 0.6 is 0 Å². The Morgan fingerprint density at radius 1 is 1.14 bits per heavy atom. The normalized spacial score (nSPS) is 11.2. The molecule has 0 saturated heterocycles. The van der Waals surface area contributed by atoms with E-state index in [1.165, 1.54) is 12.3 Å². The van der Waals surface area contributed by atoms with Gasteiger partial charge in [-0.3, -0.25) is 9.36 Å². The van der Waals surface area contributed by atoms with Crippen molar-refractivity contribution in [3.05, 3.63) is 68.5 Å². The van der Waals surface area contributed by atoms with Gasteiger partial charge in [0.05, 0.1) is 12.1 Å². The number of nitrogens with zero attached hydrogens (tertiary/aromatic N) is 1. The Morgan fingerprint density at radius 2 is 1.77 bits per heavy atom. The zero-order chi connectivity index (χ0) is 16.3. The van der Waals surface area contributed by atoms with Crippen molar-refractivity contribution in [3.8, 4) is 0 Å². The van der Waals surface area contributed by atoms with Crippen LogP contribution in [0.15, 0.2) is 46.1 Å². The molecule has 0 aliphatic carbocycles. The molecular weight excluding hydrogens is 284 g/mol. The number of carbonyl (C=O) groups is 1. The molecule has 0 saturated carbocycles. The zero-order valence-electron chi connectivity index (χ0n) is 12.8. The van der Waals surface area contributed by atoms with Gasteiger partial charge in [-0.05, 0) is 38.5 Å². The Bertz CT molecular complexity index is 751. The van der Waals surface area contributed by atoms with Crippen LogP contribution in [0.25, 0.3) is 0 Å². The van der Waals surface area contributed by atoms with Crippen LogP contribution in [0.2, 0.25) is 0 Å². The summed E-state index contributed by atoms with van der Waals surface area (Å²) in [6, 6.07) is 7.91. The molecule has 0 spiro atoms. The maximum absolute atomic E-state index is 11.9. The van der Waals surface area contributed by atoms with Crippen molar-refractivity contribution in [1.82, 2.24) is 9.55 Å². The van der Waals surface area contributed by atoms with Gasteiger partial charge in [-0.25, -0.2) is 9.59 Å². The molecule has 116 valence electrons. The topological polar surface area (TPSA) is 81.2 Å². The first-order valence-corrected chi connectivity index (χ1v) is 6.87. The van der Waals surface area contributed by atoms with Crippen LogP contribution in [0.3, 0.4) is 0 Å². The van der Waals surface area contributed by atoms with Crippen molar-refractivity contribution in [2.75, 3.05) is 0 Å². The summed E-state index contributed by atoms with van der Waals surface area (Å²) in [6.07, 6.45) is 1.31. The lowest BCUT2D eigenvalue weighted by Crippen LogP contribution is -2.34. The third kappa shape index (κ3) is 3.94. The number of H-pyrrole nitrogens is 1. The molecule has 0 radical (unpaired) electrons. The Morgan fingerprint density at radius 3 is 2.32 bits per heavy atom. The number of aromatic amines is 1. The summed E-state index contributed by atoms with van der Waals surface area (Å²) in [7, 11) is 0. The summed E-state index contributed by atoms with van der Waals surface area (Å²) in [6.45, 7) is 5.54. The Labute approximate surface area is 127 Å². The van der Waals surface area contributed by atoms with E-state index in [2.05, 4.69) is 4.98 Å². The fraction of sp³-hybridized carbons (Fsp3) is 0.312. The number of nitrogens with one attached hydrogen (secondary N) is 1. The molecule has 1 aromatic carbocycles. The molecule has 6 heteroatoms. The van der Waals surface area contributed by atoms with Gasteiger partial charge in [-0.15, -0.1) is 0 Å². The lowest BCUT2D eigenvalue weighted by molar-refractivity contribution is 0.00695. The maximum atomic E-state index is 11.9. The van der Waals surface area contributed by atoms with Crippen molar-refractivity contribution in [2.24, 2.45) is 0 Å². The molecule has 1 N–H and O–H groups in total. The molecular formula is C16H18N2O4. The number of esters is 1. The molecule has 1 aromatic heterocycles. The van der Waals surface area contributed by atoms with E-state index in [0.29, 0.717) is 5.56 Å². The van der Waals surface area contributed by atoms with E-state index in [1.54, 1.807) is 45.0 Å². The zero-order valence-corrected chi connectivity index (χ0v) is 12.8. The third-order valence-corrected chi connectivity index (χ3v) is 2.87. The van der Waals surface area contributed by atoms with Crippen LogP contribution < -0.4 is 11.2 Å². The minimum atomic E-state index is -0.555. The molecule has 0 aliphatic heterocycles. The van der Waals surface area contributed by atoms with E-state index < -0.39 is 17.3 Å². The first-order chi connectivity index (χ1) is 10.3. The average molecular weight is 302 g/mol. The van der Waals surface area contributed by atoms with Gasteiger partial charge < -0.3 is 9.72 Å². The predicted octanol–water partition coefficient (Wildman–Crippen LogP) is 1.54.